The zero-order valence-corrected chi connectivity index (χ0v) is 15.3. The molecule has 3 aliphatic rings. The number of aromatic nitrogens is 3. The summed E-state index contributed by atoms with van der Waals surface area (Å²) in [7, 11) is 0. The standard InChI is InChI=1S/C18H20N4O3S/c1-10(17(23)19-12-4-7-14-15(8-12)25-9-24-14)26-18-21-20-16(11-2-3-11)22(18)13-5-6-13/h4,7-8,10-11,13H,2-3,5-6,9H2,1H3,(H,19,23)/t10-/m0/s1. The Bertz CT molecular complexity index is 860. The van der Waals surface area contributed by atoms with Crippen LogP contribution in [0.3, 0.4) is 0 Å². The number of fused-ring (bicyclic) bond motifs is 1. The Hall–Kier alpha value is -2.22. The Balaban J connectivity index is 1.28. The van der Waals surface area contributed by atoms with Gasteiger partial charge in [-0.1, -0.05) is 11.8 Å². The number of carbonyl (C=O) groups excluding carboxylic acids is 1. The topological polar surface area (TPSA) is 78.3 Å². The number of anilines is 1. The maximum atomic E-state index is 12.6. The number of hydrogen-bond donors (Lipinski definition) is 1. The molecule has 2 aliphatic carbocycles. The van der Waals surface area contributed by atoms with Gasteiger partial charge in [0.15, 0.2) is 16.7 Å². The summed E-state index contributed by atoms with van der Waals surface area (Å²) in [5.41, 5.74) is 0.703. The second kappa shape index (κ2) is 6.19. The minimum Gasteiger partial charge on any atom is -0.454 e. The van der Waals surface area contributed by atoms with Crippen LogP contribution in [0.4, 0.5) is 5.69 Å². The molecule has 0 saturated heterocycles. The molecule has 2 aromatic rings. The van der Waals surface area contributed by atoms with E-state index in [0.717, 1.165) is 11.0 Å². The van der Waals surface area contributed by atoms with Crippen LogP contribution in [0.2, 0.25) is 0 Å². The molecule has 1 N–H and O–H groups in total. The zero-order chi connectivity index (χ0) is 17.7. The lowest BCUT2D eigenvalue weighted by Crippen LogP contribution is -2.23. The monoisotopic (exact) mass is 372 g/mol. The second-order valence-corrected chi connectivity index (χ2v) is 8.34. The van der Waals surface area contributed by atoms with Crippen LogP contribution >= 0.6 is 11.8 Å². The SMILES string of the molecule is C[C@H](Sc1nnc(C2CC2)n1C1CC1)C(=O)Nc1ccc2c(c1)OCO2. The lowest BCUT2D eigenvalue weighted by molar-refractivity contribution is -0.115. The molecule has 1 atom stereocenters. The minimum absolute atomic E-state index is 0.0628. The highest BCUT2D eigenvalue weighted by Crippen LogP contribution is 2.46. The second-order valence-electron chi connectivity index (χ2n) is 7.03. The van der Waals surface area contributed by atoms with E-state index in [1.807, 2.05) is 13.0 Å². The van der Waals surface area contributed by atoms with Crippen molar-refractivity contribution >= 4 is 23.4 Å². The van der Waals surface area contributed by atoms with Gasteiger partial charge in [-0.3, -0.25) is 4.79 Å². The largest absolute Gasteiger partial charge is 0.454 e. The molecule has 2 saturated carbocycles. The number of benzene rings is 1. The Morgan fingerprint density at radius 1 is 1.23 bits per heavy atom. The molecule has 0 radical (unpaired) electrons. The Kier molecular flexibility index (Phi) is 3.81. The van der Waals surface area contributed by atoms with E-state index < -0.39 is 0 Å². The summed E-state index contributed by atoms with van der Waals surface area (Å²) in [5, 5.41) is 12.3. The molecular formula is C18H20N4O3S. The minimum atomic E-state index is -0.269. The van der Waals surface area contributed by atoms with E-state index in [-0.39, 0.29) is 18.0 Å². The third kappa shape index (κ3) is 3.02. The van der Waals surface area contributed by atoms with E-state index >= 15 is 0 Å². The van der Waals surface area contributed by atoms with Crippen molar-refractivity contribution in [2.24, 2.45) is 0 Å². The molecule has 1 amide bonds. The molecule has 1 aromatic carbocycles. The fourth-order valence-electron chi connectivity index (χ4n) is 3.09. The van der Waals surface area contributed by atoms with Crippen molar-refractivity contribution in [3.05, 3.63) is 24.0 Å². The number of ether oxygens (including phenoxy) is 2. The number of thioether (sulfide) groups is 1. The van der Waals surface area contributed by atoms with Gasteiger partial charge >= 0.3 is 0 Å². The van der Waals surface area contributed by atoms with Crippen LogP contribution in [-0.4, -0.2) is 32.7 Å². The number of nitrogens with zero attached hydrogens (tertiary/aromatic N) is 3. The fraction of sp³-hybridized carbons (Fsp3) is 0.500. The van der Waals surface area contributed by atoms with E-state index in [4.69, 9.17) is 9.47 Å². The van der Waals surface area contributed by atoms with Crippen molar-refractivity contribution < 1.29 is 14.3 Å². The van der Waals surface area contributed by atoms with Crippen molar-refractivity contribution in [2.45, 2.75) is 55.0 Å². The highest BCUT2D eigenvalue weighted by Gasteiger charge is 2.37. The van der Waals surface area contributed by atoms with E-state index in [2.05, 4.69) is 20.1 Å². The van der Waals surface area contributed by atoms with Gasteiger partial charge in [-0.05, 0) is 44.7 Å². The summed E-state index contributed by atoms with van der Waals surface area (Å²) in [5.74, 6) is 2.97. The van der Waals surface area contributed by atoms with Crippen molar-refractivity contribution in [1.82, 2.24) is 14.8 Å². The van der Waals surface area contributed by atoms with Crippen LogP contribution in [0, 0.1) is 0 Å². The van der Waals surface area contributed by atoms with Crippen LogP contribution in [0.1, 0.15) is 50.4 Å². The van der Waals surface area contributed by atoms with Gasteiger partial charge < -0.3 is 19.4 Å². The average molecular weight is 372 g/mol. The summed E-state index contributed by atoms with van der Waals surface area (Å²) in [6.45, 7) is 2.12. The smallest absolute Gasteiger partial charge is 0.237 e. The van der Waals surface area contributed by atoms with Gasteiger partial charge in [0.25, 0.3) is 0 Å². The molecule has 1 aliphatic heterocycles. The molecule has 2 heterocycles. The Morgan fingerprint density at radius 2 is 2.04 bits per heavy atom. The van der Waals surface area contributed by atoms with Gasteiger partial charge in [-0.2, -0.15) is 0 Å². The van der Waals surface area contributed by atoms with Gasteiger partial charge in [0, 0.05) is 23.7 Å². The molecule has 26 heavy (non-hydrogen) atoms. The normalized spacial score (nSPS) is 19.4. The number of hydrogen-bond acceptors (Lipinski definition) is 6. The number of rotatable bonds is 6. The molecule has 7 nitrogen and oxygen atoms in total. The highest BCUT2D eigenvalue weighted by molar-refractivity contribution is 8.00. The van der Waals surface area contributed by atoms with Crippen molar-refractivity contribution in [1.29, 1.82) is 0 Å². The first-order valence-corrected chi connectivity index (χ1v) is 9.89. The van der Waals surface area contributed by atoms with Crippen LogP contribution in [0.25, 0.3) is 0 Å². The Labute approximate surface area is 155 Å². The molecule has 136 valence electrons. The summed E-state index contributed by atoms with van der Waals surface area (Å²) < 4.78 is 12.9. The lowest BCUT2D eigenvalue weighted by Gasteiger charge is -2.13. The van der Waals surface area contributed by atoms with E-state index in [9.17, 15) is 4.79 Å². The van der Waals surface area contributed by atoms with Crippen molar-refractivity contribution in [3.8, 4) is 11.5 Å². The van der Waals surface area contributed by atoms with Crippen molar-refractivity contribution in [2.75, 3.05) is 12.1 Å². The quantitative estimate of drug-likeness (QED) is 0.784. The van der Waals surface area contributed by atoms with Crippen molar-refractivity contribution in [3.63, 3.8) is 0 Å². The first kappa shape index (κ1) is 16.0. The van der Waals surface area contributed by atoms with Crippen LogP contribution in [0.15, 0.2) is 23.4 Å². The lowest BCUT2D eigenvalue weighted by atomic mass is 10.2. The first-order chi connectivity index (χ1) is 12.7. The van der Waals surface area contributed by atoms with Gasteiger partial charge in [-0.15, -0.1) is 10.2 Å². The van der Waals surface area contributed by atoms with E-state index in [0.29, 0.717) is 29.1 Å². The maximum Gasteiger partial charge on any atom is 0.237 e. The highest BCUT2D eigenvalue weighted by atomic mass is 32.2. The average Bonchev–Trinajstić information content (AvgIpc) is 3.56. The molecule has 0 unspecified atom stereocenters. The predicted octanol–water partition coefficient (Wildman–Crippen LogP) is 3.34. The van der Waals surface area contributed by atoms with Crippen LogP contribution in [-0.2, 0) is 4.79 Å². The number of nitrogens with one attached hydrogen (secondary N) is 1. The zero-order valence-electron chi connectivity index (χ0n) is 14.5. The maximum absolute atomic E-state index is 12.6. The van der Waals surface area contributed by atoms with Crippen LogP contribution < -0.4 is 14.8 Å². The first-order valence-electron chi connectivity index (χ1n) is 9.01. The van der Waals surface area contributed by atoms with Gasteiger partial charge in [-0.25, -0.2) is 0 Å². The molecule has 2 fully saturated rings. The van der Waals surface area contributed by atoms with Gasteiger partial charge in [0.2, 0.25) is 12.7 Å². The van der Waals surface area contributed by atoms with E-state index in [1.54, 1.807) is 12.1 Å². The number of amides is 1. The van der Waals surface area contributed by atoms with Crippen LogP contribution in [0.5, 0.6) is 11.5 Å². The van der Waals surface area contributed by atoms with Gasteiger partial charge in [0.1, 0.15) is 5.82 Å². The summed E-state index contributed by atoms with van der Waals surface area (Å²) in [6, 6.07) is 5.93. The number of carbonyl (C=O) groups is 1. The third-order valence-electron chi connectivity index (χ3n) is 4.84. The summed E-state index contributed by atoms with van der Waals surface area (Å²) in [4.78, 5) is 12.6. The third-order valence-corrected chi connectivity index (χ3v) is 5.89. The predicted molar refractivity (Wildman–Crippen MR) is 96.8 cm³/mol. The molecule has 0 spiro atoms. The molecule has 5 rings (SSSR count). The van der Waals surface area contributed by atoms with E-state index in [1.165, 1.54) is 37.4 Å². The molecule has 0 bridgehead atoms. The molecule has 8 heteroatoms. The summed E-state index contributed by atoms with van der Waals surface area (Å²) in [6.07, 6.45) is 4.78. The summed E-state index contributed by atoms with van der Waals surface area (Å²) >= 11 is 1.48. The molecular weight excluding hydrogens is 352 g/mol. The Morgan fingerprint density at radius 3 is 2.81 bits per heavy atom. The fourth-order valence-corrected chi connectivity index (χ4v) is 4.02. The van der Waals surface area contributed by atoms with Gasteiger partial charge in [0.05, 0.1) is 5.25 Å². The molecule has 1 aromatic heterocycles.